The highest BCUT2D eigenvalue weighted by molar-refractivity contribution is 5.71. The molecule has 0 amide bonds. The molecular formula is C57H108O6. The molecular weight excluding hydrogens is 781 g/mol. The second-order valence-electron chi connectivity index (χ2n) is 19.2. The van der Waals surface area contributed by atoms with Crippen LogP contribution in [0.1, 0.15) is 316 Å². The van der Waals surface area contributed by atoms with Gasteiger partial charge in [0.15, 0.2) is 6.10 Å². The largest absolute Gasteiger partial charge is 0.462 e. The van der Waals surface area contributed by atoms with Crippen molar-refractivity contribution >= 4 is 17.9 Å². The van der Waals surface area contributed by atoms with Crippen LogP contribution in [-0.4, -0.2) is 37.2 Å². The van der Waals surface area contributed by atoms with Crippen molar-refractivity contribution in [1.29, 1.82) is 0 Å². The van der Waals surface area contributed by atoms with E-state index in [0.29, 0.717) is 19.3 Å². The van der Waals surface area contributed by atoms with Crippen molar-refractivity contribution in [3.63, 3.8) is 0 Å². The Morgan fingerprint density at radius 1 is 0.302 bits per heavy atom. The Morgan fingerprint density at radius 3 is 0.794 bits per heavy atom. The number of allylic oxidation sites excluding steroid dienone is 2. The van der Waals surface area contributed by atoms with E-state index < -0.39 is 6.10 Å². The van der Waals surface area contributed by atoms with Crippen LogP contribution in [0, 0.1) is 0 Å². The lowest BCUT2D eigenvalue weighted by Crippen LogP contribution is -2.30. The van der Waals surface area contributed by atoms with Gasteiger partial charge in [-0.2, -0.15) is 0 Å². The number of rotatable bonds is 52. The maximum Gasteiger partial charge on any atom is 0.306 e. The summed E-state index contributed by atoms with van der Waals surface area (Å²) in [5, 5.41) is 0. The van der Waals surface area contributed by atoms with Gasteiger partial charge in [0.2, 0.25) is 0 Å². The lowest BCUT2D eigenvalue weighted by atomic mass is 10.0. The SMILES string of the molecule is CCCCCCCC/C=C\CCCCCCCCCC(=O)OC(COC(=O)CCCCCCC)COC(=O)CCCCCCCCCCCCCCCCCCCCCCCCC. The van der Waals surface area contributed by atoms with E-state index in [1.807, 2.05) is 0 Å². The topological polar surface area (TPSA) is 78.9 Å². The van der Waals surface area contributed by atoms with E-state index in [1.165, 1.54) is 212 Å². The fourth-order valence-electron chi connectivity index (χ4n) is 8.50. The molecule has 0 N–H and O–H groups in total. The fourth-order valence-corrected chi connectivity index (χ4v) is 8.50. The smallest absolute Gasteiger partial charge is 0.306 e. The van der Waals surface area contributed by atoms with E-state index in [1.54, 1.807) is 0 Å². The molecule has 0 heterocycles. The van der Waals surface area contributed by atoms with E-state index in [-0.39, 0.29) is 31.1 Å². The molecule has 1 atom stereocenters. The van der Waals surface area contributed by atoms with Gasteiger partial charge in [-0.3, -0.25) is 14.4 Å². The number of ether oxygens (including phenoxy) is 3. The molecule has 6 nitrogen and oxygen atoms in total. The molecule has 63 heavy (non-hydrogen) atoms. The van der Waals surface area contributed by atoms with Crippen LogP contribution in [0.2, 0.25) is 0 Å². The zero-order valence-corrected chi connectivity index (χ0v) is 42.6. The second-order valence-corrected chi connectivity index (χ2v) is 19.2. The molecule has 0 bridgehead atoms. The Labute approximate surface area is 392 Å². The van der Waals surface area contributed by atoms with Crippen molar-refractivity contribution in [3.8, 4) is 0 Å². The van der Waals surface area contributed by atoms with Gasteiger partial charge in [-0.05, 0) is 44.9 Å². The van der Waals surface area contributed by atoms with Crippen LogP contribution < -0.4 is 0 Å². The van der Waals surface area contributed by atoms with Gasteiger partial charge in [0.05, 0.1) is 0 Å². The predicted octanol–water partition coefficient (Wildman–Crippen LogP) is 18.5. The summed E-state index contributed by atoms with van der Waals surface area (Å²) in [6.07, 6.45) is 59.7. The van der Waals surface area contributed by atoms with E-state index >= 15 is 0 Å². The van der Waals surface area contributed by atoms with Gasteiger partial charge in [0.1, 0.15) is 13.2 Å². The van der Waals surface area contributed by atoms with Gasteiger partial charge in [-0.15, -0.1) is 0 Å². The molecule has 0 saturated heterocycles. The predicted molar refractivity (Wildman–Crippen MR) is 270 cm³/mol. The molecule has 1 unspecified atom stereocenters. The van der Waals surface area contributed by atoms with Crippen molar-refractivity contribution in [2.45, 2.75) is 322 Å². The third-order valence-corrected chi connectivity index (χ3v) is 12.8. The molecule has 0 spiro atoms. The number of unbranched alkanes of at least 4 members (excludes halogenated alkanes) is 39. The zero-order valence-electron chi connectivity index (χ0n) is 42.6. The van der Waals surface area contributed by atoms with Crippen molar-refractivity contribution < 1.29 is 28.6 Å². The minimum Gasteiger partial charge on any atom is -0.462 e. The van der Waals surface area contributed by atoms with Crippen molar-refractivity contribution in [3.05, 3.63) is 12.2 Å². The van der Waals surface area contributed by atoms with Crippen molar-refractivity contribution in [2.24, 2.45) is 0 Å². The Bertz CT molecular complexity index is 978. The number of carbonyl (C=O) groups is 3. The number of carbonyl (C=O) groups excluding carboxylic acids is 3. The first-order valence-corrected chi connectivity index (χ1v) is 28.2. The normalized spacial score (nSPS) is 12.0. The molecule has 0 aliphatic carbocycles. The Hall–Kier alpha value is -1.85. The minimum atomic E-state index is -0.764. The number of hydrogen-bond donors (Lipinski definition) is 0. The molecule has 0 aliphatic heterocycles. The van der Waals surface area contributed by atoms with Crippen LogP contribution in [0.5, 0.6) is 0 Å². The van der Waals surface area contributed by atoms with E-state index in [2.05, 4.69) is 32.9 Å². The van der Waals surface area contributed by atoms with Crippen LogP contribution >= 0.6 is 0 Å². The Balaban J connectivity index is 4.03. The summed E-state index contributed by atoms with van der Waals surface area (Å²) in [5.74, 6) is -0.867. The first kappa shape index (κ1) is 61.1. The van der Waals surface area contributed by atoms with Gasteiger partial charge in [0.25, 0.3) is 0 Å². The van der Waals surface area contributed by atoms with Gasteiger partial charge < -0.3 is 14.2 Å². The van der Waals surface area contributed by atoms with Crippen molar-refractivity contribution in [1.82, 2.24) is 0 Å². The van der Waals surface area contributed by atoms with E-state index in [9.17, 15) is 14.4 Å². The summed E-state index contributed by atoms with van der Waals surface area (Å²) < 4.78 is 16.7. The Morgan fingerprint density at radius 2 is 0.524 bits per heavy atom. The molecule has 0 radical (unpaired) electrons. The minimum absolute atomic E-state index is 0.0675. The third-order valence-electron chi connectivity index (χ3n) is 12.8. The monoisotopic (exact) mass is 889 g/mol. The lowest BCUT2D eigenvalue weighted by Gasteiger charge is -2.18. The summed E-state index contributed by atoms with van der Waals surface area (Å²) in [6, 6.07) is 0. The van der Waals surface area contributed by atoms with Gasteiger partial charge in [0, 0.05) is 19.3 Å². The standard InChI is InChI=1S/C57H108O6/c1-4-7-10-13-15-17-19-21-23-25-26-27-28-29-30-32-33-35-37-39-41-44-47-50-56(59)62-53-54(52-61-55(58)49-46-43-12-9-6-3)63-57(60)51-48-45-42-40-38-36-34-31-24-22-20-18-16-14-11-8-5-2/h22,24,54H,4-21,23,25-53H2,1-3H3/b24-22-. The van der Waals surface area contributed by atoms with Crippen LogP contribution in [0.25, 0.3) is 0 Å². The maximum atomic E-state index is 12.8. The second kappa shape index (κ2) is 52.8. The lowest BCUT2D eigenvalue weighted by molar-refractivity contribution is -0.167. The highest BCUT2D eigenvalue weighted by Gasteiger charge is 2.19. The molecule has 0 aliphatic rings. The van der Waals surface area contributed by atoms with Crippen LogP contribution in [-0.2, 0) is 28.6 Å². The molecule has 0 aromatic heterocycles. The quantitative estimate of drug-likeness (QED) is 0.0262. The first-order chi connectivity index (χ1) is 31.0. The highest BCUT2D eigenvalue weighted by atomic mass is 16.6. The molecule has 0 fully saturated rings. The molecule has 372 valence electrons. The molecule has 6 heteroatoms. The summed E-state index contributed by atoms with van der Waals surface area (Å²) in [6.45, 7) is 6.60. The molecule has 0 saturated carbocycles. The maximum absolute atomic E-state index is 12.8. The van der Waals surface area contributed by atoms with E-state index in [0.717, 1.165) is 64.2 Å². The summed E-state index contributed by atoms with van der Waals surface area (Å²) in [4.78, 5) is 37.7. The number of hydrogen-bond acceptors (Lipinski definition) is 6. The summed E-state index contributed by atoms with van der Waals surface area (Å²) in [5.41, 5.74) is 0. The number of esters is 3. The molecule has 0 rings (SSSR count). The summed E-state index contributed by atoms with van der Waals surface area (Å²) in [7, 11) is 0. The van der Waals surface area contributed by atoms with Gasteiger partial charge in [-0.25, -0.2) is 0 Å². The van der Waals surface area contributed by atoms with Crippen LogP contribution in [0.3, 0.4) is 0 Å². The Kier molecular flexibility index (Phi) is 51.2. The average molecular weight is 889 g/mol. The van der Waals surface area contributed by atoms with E-state index in [4.69, 9.17) is 14.2 Å². The summed E-state index contributed by atoms with van der Waals surface area (Å²) >= 11 is 0. The first-order valence-electron chi connectivity index (χ1n) is 28.2. The fraction of sp³-hybridized carbons (Fsp3) is 0.912. The zero-order chi connectivity index (χ0) is 45.8. The molecule has 0 aromatic rings. The van der Waals surface area contributed by atoms with Gasteiger partial charge >= 0.3 is 17.9 Å². The van der Waals surface area contributed by atoms with Crippen molar-refractivity contribution in [2.75, 3.05) is 13.2 Å². The van der Waals surface area contributed by atoms with Crippen LogP contribution in [0.15, 0.2) is 12.2 Å². The average Bonchev–Trinajstić information content (AvgIpc) is 3.28. The van der Waals surface area contributed by atoms with Crippen LogP contribution in [0.4, 0.5) is 0 Å². The van der Waals surface area contributed by atoms with Gasteiger partial charge in [-0.1, -0.05) is 264 Å². The molecule has 0 aromatic carbocycles. The third kappa shape index (κ3) is 51.0. The highest BCUT2D eigenvalue weighted by Crippen LogP contribution is 2.17.